The molecule has 360 valence electrons. The summed E-state index contributed by atoms with van der Waals surface area (Å²) < 4.78 is 0. The van der Waals surface area contributed by atoms with Gasteiger partial charge in [0.2, 0.25) is 5.91 Å². The van der Waals surface area contributed by atoms with E-state index < -0.39 is 18.2 Å². The Morgan fingerprint density at radius 2 is 0.705 bits per heavy atom. The monoisotopic (exact) mass is 858 g/mol. The van der Waals surface area contributed by atoms with Gasteiger partial charge >= 0.3 is 0 Å². The van der Waals surface area contributed by atoms with Crippen LogP contribution in [0, 0.1) is 0 Å². The van der Waals surface area contributed by atoms with Gasteiger partial charge in [-0.2, -0.15) is 0 Å². The number of hydrogen-bond donors (Lipinski definition) is 4. The maximum atomic E-state index is 12.5. The van der Waals surface area contributed by atoms with Crippen LogP contribution in [0.25, 0.3) is 0 Å². The summed E-state index contributed by atoms with van der Waals surface area (Å²) in [5.41, 5.74) is 0. The van der Waals surface area contributed by atoms with Crippen LogP contribution in [0.4, 0.5) is 0 Å². The molecule has 0 aromatic carbocycles. The van der Waals surface area contributed by atoms with Gasteiger partial charge in [0.1, 0.15) is 0 Å². The molecule has 0 bridgehead atoms. The van der Waals surface area contributed by atoms with Gasteiger partial charge in [-0.05, 0) is 57.8 Å². The summed E-state index contributed by atoms with van der Waals surface area (Å²) in [5.74, 6) is -0.323. The summed E-state index contributed by atoms with van der Waals surface area (Å²) in [6, 6.07) is -0.762. The quantitative estimate of drug-likeness (QED) is 0.0362. The lowest BCUT2D eigenvalue weighted by Gasteiger charge is -2.21. The van der Waals surface area contributed by atoms with Crippen molar-refractivity contribution in [2.24, 2.45) is 0 Å². The minimum Gasteiger partial charge on any atom is -0.394 e. The Bertz CT molecular complexity index is 947. The van der Waals surface area contributed by atoms with Crippen LogP contribution in [0.3, 0.4) is 0 Å². The first-order chi connectivity index (χ1) is 30.0. The first-order valence-electron chi connectivity index (χ1n) is 27.3. The number of hydrogen-bond acceptors (Lipinski definition) is 4. The van der Waals surface area contributed by atoms with Crippen molar-refractivity contribution in [1.82, 2.24) is 5.32 Å². The summed E-state index contributed by atoms with van der Waals surface area (Å²) in [7, 11) is 0. The van der Waals surface area contributed by atoms with Crippen LogP contribution in [0.1, 0.15) is 290 Å². The van der Waals surface area contributed by atoms with Crippen molar-refractivity contribution in [2.75, 3.05) is 6.61 Å². The molecule has 4 N–H and O–H groups in total. The lowest BCUT2D eigenvalue weighted by atomic mass is 10.0. The second kappa shape index (κ2) is 51.2. The van der Waals surface area contributed by atoms with Crippen molar-refractivity contribution in [2.45, 2.75) is 308 Å². The van der Waals surface area contributed by atoms with E-state index in [1.807, 2.05) is 6.08 Å². The zero-order valence-corrected chi connectivity index (χ0v) is 41.1. The first-order valence-corrected chi connectivity index (χ1v) is 27.3. The van der Waals surface area contributed by atoms with Crippen molar-refractivity contribution in [3.63, 3.8) is 0 Å². The number of unbranched alkanes of at least 4 members (excludes halogenated alkanes) is 37. The van der Waals surface area contributed by atoms with Crippen LogP contribution in [0.2, 0.25) is 0 Å². The molecule has 0 aromatic rings. The number of aliphatic hydroxyl groups excluding tert-OH is 3. The van der Waals surface area contributed by atoms with E-state index >= 15 is 0 Å². The molecule has 0 aromatic heterocycles. The van der Waals surface area contributed by atoms with E-state index in [0.29, 0.717) is 6.42 Å². The highest BCUT2D eigenvalue weighted by atomic mass is 16.3. The standard InChI is InChI=1S/C56H107NO4/c1-3-5-7-9-11-13-15-17-19-21-23-25-26-27-28-29-30-31-33-35-37-39-41-43-45-47-49-53(59)51-56(61)57-54(52-58)55(60)50-48-46-44-42-40-38-36-34-32-24-22-20-18-16-14-12-10-8-6-4-2/h27-28,40,42,48,50,53-55,58-60H,3-26,29-39,41,43-47,49,51-52H2,1-2H3,(H,57,61)/b28-27-,42-40+,50-48+. The largest absolute Gasteiger partial charge is 0.394 e. The van der Waals surface area contributed by atoms with E-state index in [1.54, 1.807) is 6.08 Å². The highest BCUT2D eigenvalue weighted by Gasteiger charge is 2.20. The second-order valence-electron chi connectivity index (χ2n) is 18.8. The summed E-state index contributed by atoms with van der Waals surface area (Å²) in [4.78, 5) is 12.5. The normalized spacial score (nSPS) is 13.6. The molecule has 0 spiro atoms. The van der Waals surface area contributed by atoms with E-state index in [-0.39, 0.29) is 18.9 Å². The van der Waals surface area contributed by atoms with Gasteiger partial charge in [0.15, 0.2) is 0 Å². The molecule has 0 saturated carbocycles. The molecule has 0 aliphatic rings. The fraction of sp³-hybridized carbons (Fsp3) is 0.875. The van der Waals surface area contributed by atoms with Crippen molar-refractivity contribution >= 4 is 5.91 Å². The van der Waals surface area contributed by atoms with E-state index in [9.17, 15) is 20.1 Å². The molecular formula is C56H107NO4. The third kappa shape index (κ3) is 47.9. The molecule has 0 radical (unpaired) electrons. The zero-order valence-electron chi connectivity index (χ0n) is 41.1. The van der Waals surface area contributed by atoms with E-state index in [0.717, 1.165) is 32.1 Å². The average Bonchev–Trinajstić information content (AvgIpc) is 3.25. The average molecular weight is 858 g/mol. The van der Waals surface area contributed by atoms with Crippen molar-refractivity contribution < 1.29 is 20.1 Å². The number of allylic oxidation sites excluding steroid dienone is 5. The van der Waals surface area contributed by atoms with Crippen LogP contribution in [0.15, 0.2) is 36.5 Å². The molecule has 0 fully saturated rings. The van der Waals surface area contributed by atoms with E-state index in [4.69, 9.17) is 0 Å². The highest BCUT2D eigenvalue weighted by Crippen LogP contribution is 2.17. The molecule has 5 heteroatoms. The van der Waals surface area contributed by atoms with Gasteiger partial charge in [-0.1, -0.05) is 262 Å². The van der Waals surface area contributed by atoms with Gasteiger partial charge in [-0.3, -0.25) is 4.79 Å². The molecule has 1 amide bonds. The lowest BCUT2D eigenvalue weighted by Crippen LogP contribution is -2.45. The highest BCUT2D eigenvalue weighted by molar-refractivity contribution is 5.76. The zero-order chi connectivity index (χ0) is 44.4. The fourth-order valence-corrected chi connectivity index (χ4v) is 8.47. The van der Waals surface area contributed by atoms with Crippen LogP contribution >= 0.6 is 0 Å². The van der Waals surface area contributed by atoms with Crippen molar-refractivity contribution in [1.29, 1.82) is 0 Å². The molecule has 3 atom stereocenters. The second-order valence-corrected chi connectivity index (χ2v) is 18.8. The van der Waals surface area contributed by atoms with Crippen LogP contribution < -0.4 is 5.32 Å². The Morgan fingerprint density at radius 3 is 1.05 bits per heavy atom. The Balaban J connectivity index is 3.61. The minimum atomic E-state index is -0.952. The van der Waals surface area contributed by atoms with Gasteiger partial charge in [0.05, 0.1) is 31.3 Å². The van der Waals surface area contributed by atoms with Crippen LogP contribution in [-0.2, 0) is 4.79 Å². The summed E-state index contributed by atoms with van der Waals surface area (Å²) >= 11 is 0. The van der Waals surface area contributed by atoms with Gasteiger partial charge in [-0.25, -0.2) is 0 Å². The first kappa shape index (κ1) is 59.6. The van der Waals surface area contributed by atoms with Crippen LogP contribution in [-0.4, -0.2) is 46.1 Å². The van der Waals surface area contributed by atoms with Crippen LogP contribution in [0.5, 0.6) is 0 Å². The number of rotatable bonds is 50. The predicted octanol–water partition coefficient (Wildman–Crippen LogP) is 16.7. The van der Waals surface area contributed by atoms with Gasteiger partial charge in [0.25, 0.3) is 0 Å². The molecule has 0 heterocycles. The maximum absolute atomic E-state index is 12.5. The molecule has 0 aliphatic carbocycles. The number of carbonyl (C=O) groups excluding carboxylic acids is 1. The molecule has 3 unspecified atom stereocenters. The van der Waals surface area contributed by atoms with Gasteiger partial charge < -0.3 is 20.6 Å². The SMILES string of the molecule is CCCCCCCCCCCCCC/C=C\CCCCCCCCCCCCC(O)CC(=O)NC(CO)C(O)/C=C/CC/C=C/CCCCCCCCCCCCCCCC. The maximum Gasteiger partial charge on any atom is 0.222 e. The molecule has 61 heavy (non-hydrogen) atoms. The Kier molecular flexibility index (Phi) is 50.0. The minimum absolute atomic E-state index is 0.00622. The Morgan fingerprint density at radius 1 is 0.410 bits per heavy atom. The topological polar surface area (TPSA) is 89.8 Å². The molecule has 5 nitrogen and oxygen atoms in total. The third-order valence-corrected chi connectivity index (χ3v) is 12.6. The fourth-order valence-electron chi connectivity index (χ4n) is 8.47. The van der Waals surface area contributed by atoms with Gasteiger partial charge in [-0.15, -0.1) is 0 Å². The Labute approximate surface area is 381 Å². The summed E-state index contributed by atoms with van der Waals surface area (Å²) in [5, 5.41) is 33.4. The van der Waals surface area contributed by atoms with E-state index in [1.165, 1.54) is 231 Å². The summed E-state index contributed by atoms with van der Waals surface area (Å²) in [6.07, 6.45) is 66.1. The van der Waals surface area contributed by atoms with Crippen molar-refractivity contribution in [3.05, 3.63) is 36.5 Å². The number of aliphatic hydroxyl groups is 3. The van der Waals surface area contributed by atoms with Crippen molar-refractivity contribution in [3.8, 4) is 0 Å². The predicted molar refractivity (Wildman–Crippen MR) is 268 cm³/mol. The number of nitrogens with one attached hydrogen (secondary N) is 1. The molecule has 0 saturated heterocycles. The van der Waals surface area contributed by atoms with Gasteiger partial charge in [0, 0.05) is 0 Å². The summed E-state index contributed by atoms with van der Waals surface area (Å²) in [6.45, 7) is 4.23. The number of carbonyl (C=O) groups is 1. The molecular weight excluding hydrogens is 751 g/mol. The van der Waals surface area contributed by atoms with E-state index in [2.05, 4.69) is 43.5 Å². The molecule has 0 rings (SSSR count). The lowest BCUT2D eigenvalue weighted by molar-refractivity contribution is -0.124. The smallest absolute Gasteiger partial charge is 0.222 e. The Hall–Kier alpha value is -1.43. The third-order valence-electron chi connectivity index (χ3n) is 12.6. The number of amides is 1. The molecule has 0 aliphatic heterocycles.